The van der Waals surface area contributed by atoms with Gasteiger partial charge in [-0.15, -0.1) is 0 Å². The molecule has 128 valence electrons. The van der Waals surface area contributed by atoms with E-state index in [4.69, 9.17) is 4.74 Å². The molecule has 0 radical (unpaired) electrons. The van der Waals surface area contributed by atoms with Gasteiger partial charge >= 0.3 is 0 Å². The van der Waals surface area contributed by atoms with Crippen LogP contribution >= 0.6 is 0 Å². The Morgan fingerprint density at radius 2 is 2.25 bits per heavy atom. The maximum Gasteiger partial charge on any atom is 0.119 e. The van der Waals surface area contributed by atoms with Crippen molar-refractivity contribution in [3.05, 3.63) is 36.0 Å². The lowest BCUT2D eigenvalue weighted by molar-refractivity contribution is -0.0562. The Balaban J connectivity index is 1.68. The number of aliphatic hydroxyl groups is 1. The Bertz CT molecular complexity index is 733. The van der Waals surface area contributed by atoms with Gasteiger partial charge in [0.15, 0.2) is 0 Å². The molecule has 0 amide bonds. The molecule has 4 nitrogen and oxygen atoms in total. The lowest BCUT2D eigenvalue weighted by Crippen LogP contribution is -2.55. The van der Waals surface area contributed by atoms with E-state index in [1.807, 2.05) is 24.3 Å². The summed E-state index contributed by atoms with van der Waals surface area (Å²) in [4.78, 5) is 6.94. The van der Waals surface area contributed by atoms with E-state index in [0.29, 0.717) is 0 Å². The van der Waals surface area contributed by atoms with Gasteiger partial charge in [0.05, 0.1) is 18.7 Å². The predicted molar refractivity (Wildman–Crippen MR) is 95.1 cm³/mol. The smallest absolute Gasteiger partial charge is 0.119 e. The van der Waals surface area contributed by atoms with Crippen LogP contribution < -0.4 is 4.74 Å². The summed E-state index contributed by atoms with van der Waals surface area (Å²) < 4.78 is 5.36. The van der Waals surface area contributed by atoms with Crippen LogP contribution in [0.5, 0.6) is 5.75 Å². The number of aliphatic hydroxyl groups excluding tert-OH is 1. The molecule has 4 heterocycles. The Kier molecular flexibility index (Phi) is 4.19. The van der Waals surface area contributed by atoms with Gasteiger partial charge in [-0.05, 0) is 61.1 Å². The molecule has 5 atom stereocenters. The first-order chi connectivity index (χ1) is 11.7. The van der Waals surface area contributed by atoms with Crippen molar-refractivity contribution in [2.45, 2.75) is 38.3 Å². The Hall–Kier alpha value is -1.65. The summed E-state index contributed by atoms with van der Waals surface area (Å²) in [5, 5.41) is 12.2. The van der Waals surface area contributed by atoms with E-state index in [1.54, 1.807) is 13.3 Å². The van der Waals surface area contributed by atoms with Crippen LogP contribution in [0.1, 0.15) is 37.9 Å². The zero-order valence-corrected chi connectivity index (χ0v) is 14.5. The van der Waals surface area contributed by atoms with Gasteiger partial charge in [-0.25, -0.2) is 0 Å². The Morgan fingerprint density at radius 1 is 1.38 bits per heavy atom. The second-order valence-electron chi connectivity index (χ2n) is 7.24. The summed E-state index contributed by atoms with van der Waals surface area (Å²) >= 11 is 0. The minimum Gasteiger partial charge on any atom is -0.497 e. The van der Waals surface area contributed by atoms with Gasteiger partial charge in [-0.1, -0.05) is 13.3 Å². The average molecular weight is 326 g/mol. The van der Waals surface area contributed by atoms with Crippen LogP contribution in [0.3, 0.4) is 0 Å². The summed E-state index contributed by atoms with van der Waals surface area (Å²) in [5.74, 6) is 2.37. The summed E-state index contributed by atoms with van der Waals surface area (Å²) in [7, 11) is 1.67. The molecule has 3 aliphatic rings. The minimum absolute atomic E-state index is 0.225. The number of fused-ring (bicyclic) bond motifs is 4. The van der Waals surface area contributed by atoms with Crippen molar-refractivity contribution in [3.8, 4) is 5.75 Å². The molecule has 2 aromatic rings. The van der Waals surface area contributed by atoms with Crippen LogP contribution in [0.15, 0.2) is 30.5 Å². The Labute approximate surface area is 143 Å². The Morgan fingerprint density at radius 3 is 2.96 bits per heavy atom. The number of methoxy groups -OCH3 is 1. The first-order valence-corrected chi connectivity index (χ1v) is 9.06. The van der Waals surface area contributed by atoms with E-state index in [1.165, 1.54) is 12.8 Å². The second-order valence-corrected chi connectivity index (χ2v) is 7.24. The predicted octanol–water partition coefficient (Wildman–Crippen LogP) is 3.40. The third-order valence-electron chi connectivity index (χ3n) is 6.13. The van der Waals surface area contributed by atoms with Gasteiger partial charge < -0.3 is 9.84 Å². The fraction of sp³-hybridized carbons (Fsp3) is 0.550. The normalized spacial score (nSPS) is 30.5. The number of aromatic nitrogens is 1. The quantitative estimate of drug-likeness (QED) is 0.935. The maximum atomic E-state index is 11.2. The van der Waals surface area contributed by atoms with Crippen molar-refractivity contribution < 1.29 is 9.84 Å². The van der Waals surface area contributed by atoms with E-state index in [9.17, 15) is 5.11 Å². The molecule has 1 N–H and O–H groups in total. The molecule has 24 heavy (non-hydrogen) atoms. The lowest BCUT2D eigenvalue weighted by Gasteiger charge is -2.51. The molecule has 5 rings (SSSR count). The fourth-order valence-electron chi connectivity index (χ4n) is 4.71. The molecular weight excluding hydrogens is 300 g/mol. The summed E-state index contributed by atoms with van der Waals surface area (Å²) in [6.45, 7) is 4.55. The first-order valence-electron chi connectivity index (χ1n) is 9.06. The molecule has 3 saturated heterocycles. The van der Waals surface area contributed by atoms with E-state index >= 15 is 0 Å². The number of hydrogen-bond donors (Lipinski definition) is 1. The van der Waals surface area contributed by atoms with Gasteiger partial charge in [0, 0.05) is 24.2 Å². The second kappa shape index (κ2) is 6.34. The number of pyridine rings is 1. The van der Waals surface area contributed by atoms with Gasteiger partial charge in [0.1, 0.15) is 5.75 Å². The molecule has 3 fully saturated rings. The number of rotatable bonds is 4. The van der Waals surface area contributed by atoms with E-state index in [-0.39, 0.29) is 6.04 Å². The number of ether oxygens (including phenoxy) is 1. The SMILES string of the molecule is CCC1CN2CC[C@H]1CC2C(O)c1ccnc2ccc(OC)cc12. The van der Waals surface area contributed by atoms with Crippen molar-refractivity contribution in [2.75, 3.05) is 20.2 Å². The molecule has 4 heteroatoms. The van der Waals surface area contributed by atoms with Gasteiger partial charge in [0.2, 0.25) is 0 Å². The van der Waals surface area contributed by atoms with Gasteiger partial charge in [-0.3, -0.25) is 9.88 Å². The van der Waals surface area contributed by atoms with E-state index < -0.39 is 6.10 Å². The zero-order valence-electron chi connectivity index (χ0n) is 14.5. The van der Waals surface area contributed by atoms with Crippen molar-refractivity contribution in [1.29, 1.82) is 0 Å². The molecule has 0 saturated carbocycles. The lowest BCUT2D eigenvalue weighted by atomic mass is 9.72. The monoisotopic (exact) mass is 326 g/mol. The number of piperidine rings is 3. The highest BCUT2D eigenvalue weighted by Gasteiger charge is 2.42. The van der Waals surface area contributed by atoms with E-state index in [0.717, 1.165) is 53.6 Å². The van der Waals surface area contributed by atoms with Gasteiger partial charge in [0.25, 0.3) is 0 Å². The molecule has 0 aliphatic carbocycles. The highest BCUT2D eigenvalue weighted by atomic mass is 16.5. The third-order valence-corrected chi connectivity index (χ3v) is 6.13. The first kappa shape index (κ1) is 15.9. The molecule has 4 unspecified atom stereocenters. The highest BCUT2D eigenvalue weighted by Crippen LogP contribution is 2.42. The van der Waals surface area contributed by atoms with Crippen molar-refractivity contribution >= 4 is 10.9 Å². The molecule has 2 bridgehead atoms. The largest absolute Gasteiger partial charge is 0.497 e. The third kappa shape index (κ3) is 2.58. The average Bonchev–Trinajstić information content (AvgIpc) is 2.66. The molecule has 1 aromatic heterocycles. The minimum atomic E-state index is -0.469. The zero-order chi connectivity index (χ0) is 16.7. The van der Waals surface area contributed by atoms with Crippen LogP contribution in [0.25, 0.3) is 10.9 Å². The highest BCUT2D eigenvalue weighted by molar-refractivity contribution is 5.83. The summed E-state index contributed by atoms with van der Waals surface area (Å²) in [6.07, 6.45) is 4.97. The molecular formula is C20H26N2O2. The van der Waals surface area contributed by atoms with Crippen molar-refractivity contribution in [2.24, 2.45) is 11.8 Å². The molecule has 1 aromatic carbocycles. The standard InChI is InChI=1S/C20H26N2O2/c1-3-13-12-22-9-7-14(13)10-19(22)20(23)16-6-8-21-18-5-4-15(24-2)11-17(16)18/h4-6,8,11,13-14,19-20,23H,3,7,9-10,12H2,1-2H3/t13?,14-,19?,20?/m0/s1. The summed E-state index contributed by atoms with van der Waals surface area (Å²) in [5.41, 5.74) is 1.89. The van der Waals surface area contributed by atoms with E-state index in [2.05, 4.69) is 16.8 Å². The van der Waals surface area contributed by atoms with Crippen LogP contribution in [-0.2, 0) is 0 Å². The van der Waals surface area contributed by atoms with Crippen LogP contribution in [0.2, 0.25) is 0 Å². The van der Waals surface area contributed by atoms with Crippen LogP contribution in [0, 0.1) is 11.8 Å². The van der Waals surface area contributed by atoms with Gasteiger partial charge in [-0.2, -0.15) is 0 Å². The van der Waals surface area contributed by atoms with Crippen molar-refractivity contribution in [1.82, 2.24) is 9.88 Å². The van der Waals surface area contributed by atoms with Crippen LogP contribution in [0.4, 0.5) is 0 Å². The molecule has 3 aliphatic heterocycles. The number of hydrogen-bond acceptors (Lipinski definition) is 4. The number of benzene rings is 1. The fourth-order valence-corrected chi connectivity index (χ4v) is 4.71. The topological polar surface area (TPSA) is 45.6 Å². The maximum absolute atomic E-state index is 11.2. The number of nitrogens with zero attached hydrogens (tertiary/aromatic N) is 2. The van der Waals surface area contributed by atoms with Crippen molar-refractivity contribution in [3.63, 3.8) is 0 Å². The summed E-state index contributed by atoms with van der Waals surface area (Å²) in [6, 6.07) is 8.07. The molecule has 0 spiro atoms. The van der Waals surface area contributed by atoms with Crippen LogP contribution in [-0.4, -0.2) is 41.2 Å².